The molecule has 154 valence electrons. The third-order valence-corrected chi connectivity index (χ3v) is 6.40. The molecule has 1 heterocycles. The van der Waals surface area contributed by atoms with E-state index in [0.717, 1.165) is 24.4 Å². The Morgan fingerprint density at radius 2 is 2.07 bits per heavy atom. The molecule has 0 spiro atoms. The number of likely N-dealkylation sites (N-methyl/N-ethyl adjacent to an activating group) is 1. The molecular weight excluding hydrogens is 414 g/mol. The van der Waals surface area contributed by atoms with E-state index in [0.29, 0.717) is 35.5 Å². The van der Waals surface area contributed by atoms with Crippen molar-refractivity contribution in [1.29, 1.82) is 0 Å². The van der Waals surface area contributed by atoms with Gasteiger partial charge in [-0.1, -0.05) is 41.2 Å². The molecule has 1 atom stereocenters. The zero-order valence-electron chi connectivity index (χ0n) is 16.3. The van der Waals surface area contributed by atoms with Gasteiger partial charge in [-0.3, -0.25) is 9.59 Å². The molecule has 1 aliphatic carbocycles. The Bertz CT molecular complexity index is 932. The molecule has 0 saturated heterocycles. The van der Waals surface area contributed by atoms with Gasteiger partial charge >= 0.3 is 5.97 Å². The van der Waals surface area contributed by atoms with Gasteiger partial charge in [0.05, 0.1) is 5.69 Å². The van der Waals surface area contributed by atoms with Crippen molar-refractivity contribution < 1.29 is 19.1 Å². The number of halogens is 1. The summed E-state index contributed by atoms with van der Waals surface area (Å²) in [6, 6.07) is 7.07. The number of ketones is 1. The van der Waals surface area contributed by atoms with E-state index in [9.17, 15) is 14.4 Å². The molecule has 29 heavy (non-hydrogen) atoms. The molecule has 2 aromatic rings. The molecule has 0 N–H and O–H groups in total. The van der Waals surface area contributed by atoms with Crippen LogP contribution in [0.1, 0.15) is 53.5 Å². The number of carbonyl (C=O) groups is 3. The minimum atomic E-state index is -1.15. The van der Waals surface area contributed by atoms with Crippen molar-refractivity contribution in [1.82, 2.24) is 14.5 Å². The second kappa shape index (κ2) is 9.00. The first-order chi connectivity index (χ1) is 13.9. The lowest BCUT2D eigenvalue weighted by Gasteiger charge is -2.43. The van der Waals surface area contributed by atoms with Crippen LogP contribution in [0.2, 0.25) is 5.02 Å². The molecule has 0 radical (unpaired) electrons. The molecule has 0 aliphatic heterocycles. The monoisotopic (exact) mass is 435 g/mol. The van der Waals surface area contributed by atoms with Crippen LogP contribution < -0.4 is 0 Å². The van der Waals surface area contributed by atoms with Crippen molar-refractivity contribution in [2.24, 2.45) is 0 Å². The van der Waals surface area contributed by atoms with Crippen molar-refractivity contribution in [3.8, 4) is 0 Å². The number of nitrogens with zero attached hydrogens (tertiary/aromatic N) is 3. The van der Waals surface area contributed by atoms with Gasteiger partial charge in [0.25, 0.3) is 5.91 Å². The highest BCUT2D eigenvalue weighted by molar-refractivity contribution is 7.07. The fraction of sp³-hybridized carbons (Fsp3) is 0.450. The number of carbonyl (C=O) groups excluding carboxylic acids is 3. The number of ether oxygens (including phenoxy) is 1. The van der Waals surface area contributed by atoms with Crippen LogP contribution in [0.4, 0.5) is 0 Å². The molecule has 1 unspecified atom stereocenters. The first kappa shape index (κ1) is 21.4. The summed E-state index contributed by atoms with van der Waals surface area (Å²) >= 11 is 7.34. The molecule has 9 heteroatoms. The Morgan fingerprint density at radius 1 is 1.31 bits per heavy atom. The Hall–Kier alpha value is -2.32. The zero-order valence-corrected chi connectivity index (χ0v) is 17.9. The smallest absolute Gasteiger partial charge is 0.352 e. The topological polar surface area (TPSA) is 89.5 Å². The van der Waals surface area contributed by atoms with Crippen LogP contribution in [0.5, 0.6) is 0 Å². The van der Waals surface area contributed by atoms with Gasteiger partial charge in [0.2, 0.25) is 0 Å². The van der Waals surface area contributed by atoms with Gasteiger partial charge in [-0.25, -0.2) is 4.79 Å². The maximum Gasteiger partial charge on any atom is 0.352 e. The summed E-state index contributed by atoms with van der Waals surface area (Å²) in [5.74, 6) is -1.16. The predicted octanol–water partition coefficient (Wildman–Crippen LogP) is 3.41. The molecule has 1 aromatic heterocycles. The third kappa shape index (κ3) is 4.04. The van der Waals surface area contributed by atoms with E-state index in [1.165, 1.54) is 4.90 Å². The number of Topliss-reactive ketones (excluding diaryl/α,β-unsaturated/α-hetero) is 1. The summed E-state index contributed by atoms with van der Waals surface area (Å²) < 4.78 is 8.96. The Labute approximate surface area is 178 Å². The number of esters is 1. The largest absolute Gasteiger partial charge is 0.451 e. The van der Waals surface area contributed by atoms with Gasteiger partial charge in [-0.05, 0) is 43.3 Å². The maximum absolute atomic E-state index is 13.0. The predicted molar refractivity (Wildman–Crippen MR) is 109 cm³/mol. The van der Waals surface area contributed by atoms with E-state index < -0.39 is 24.0 Å². The van der Waals surface area contributed by atoms with Crippen molar-refractivity contribution in [2.75, 3.05) is 13.7 Å². The number of benzene rings is 1. The van der Waals surface area contributed by atoms with Crippen LogP contribution in [-0.2, 0) is 26.3 Å². The second-order valence-corrected chi connectivity index (χ2v) is 8.06. The average molecular weight is 436 g/mol. The van der Waals surface area contributed by atoms with Crippen LogP contribution in [0.25, 0.3) is 0 Å². The summed E-state index contributed by atoms with van der Waals surface area (Å²) in [5, 5.41) is 4.31. The van der Waals surface area contributed by atoms with Crippen molar-refractivity contribution in [3.63, 3.8) is 0 Å². The van der Waals surface area contributed by atoms with E-state index in [1.54, 1.807) is 31.3 Å². The number of amides is 1. The lowest BCUT2D eigenvalue weighted by Crippen LogP contribution is -2.55. The van der Waals surface area contributed by atoms with E-state index in [4.69, 9.17) is 16.3 Å². The van der Waals surface area contributed by atoms with Crippen LogP contribution in [-0.4, -0.2) is 45.8 Å². The number of hydrogen-bond acceptors (Lipinski definition) is 7. The van der Waals surface area contributed by atoms with Crippen LogP contribution in [0.3, 0.4) is 0 Å². The lowest BCUT2D eigenvalue weighted by molar-refractivity contribution is -0.150. The number of aromatic nitrogens is 2. The molecule has 1 aliphatic rings. The molecule has 1 aromatic carbocycles. The fourth-order valence-electron chi connectivity index (χ4n) is 3.73. The summed E-state index contributed by atoms with van der Waals surface area (Å²) in [7, 11) is 1.56. The minimum absolute atomic E-state index is 0.0565. The highest BCUT2D eigenvalue weighted by Gasteiger charge is 2.48. The van der Waals surface area contributed by atoms with E-state index in [2.05, 4.69) is 9.59 Å². The molecule has 1 saturated carbocycles. The highest BCUT2D eigenvalue weighted by atomic mass is 35.5. The van der Waals surface area contributed by atoms with Gasteiger partial charge in [0.1, 0.15) is 5.54 Å². The molecule has 3 rings (SSSR count). The van der Waals surface area contributed by atoms with Gasteiger partial charge in [-0.2, -0.15) is 0 Å². The molecule has 1 fully saturated rings. The highest BCUT2D eigenvalue weighted by Crippen LogP contribution is 2.42. The SMILES string of the molecule is CCc1nnsc1C(=O)OCC(=O)N(C)C1(c2ccccc2Cl)CCCCC1=O. The van der Waals surface area contributed by atoms with Gasteiger partial charge in [-0.15, -0.1) is 5.10 Å². The average Bonchev–Trinajstić information content (AvgIpc) is 3.21. The Morgan fingerprint density at radius 3 is 2.76 bits per heavy atom. The van der Waals surface area contributed by atoms with Crippen LogP contribution >= 0.6 is 23.1 Å². The zero-order chi connectivity index (χ0) is 21.0. The molecular formula is C20H22ClN3O4S. The fourth-order valence-corrected chi connectivity index (χ4v) is 4.66. The lowest BCUT2D eigenvalue weighted by atomic mass is 9.74. The first-order valence-corrected chi connectivity index (χ1v) is 10.6. The summed E-state index contributed by atoms with van der Waals surface area (Å²) in [6.07, 6.45) is 2.96. The van der Waals surface area contributed by atoms with E-state index in [1.807, 2.05) is 6.92 Å². The van der Waals surface area contributed by atoms with Gasteiger partial charge in [0, 0.05) is 24.1 Å². The molecule has 0 bridgehead atoms. The Kier molecular flexibility index (Phi) is 6.64. The number of hydrogen-bond donors (Lipinski definition) is 0. The van der Waals surface area contributed by atoms with Crippen molar-refractivity contribution in [3.05, 3.63) is 45.4 Å². The third-order valence-electron chi connectivity index (χ3n) is 5.32. The second-order valence-electron chi connectivity index (χ2n) is 6.90. The van der Waals surface area contributed by atoms with Crippen molar-refractivity contribution in [2.45, 2.75) is 44.6 Å². The summed E-state index contributed by atoms with van der Waals surface area (Å²) in [4.78, 5) is 40.0. The normalized spacial score (nSPS) is 19.1. The van der Waals surface area contributed by atoms with Crippen LogP contribution in [0.15, 0.2) is 24.3 Å². The minimum Gasteiger partial charge on any atom is -0.451 e. The standard InChI is InChI=1S/C20H22ClN3O4S/c1-3-15-18(29-23-22-15)19(27)28-12-17(26)24(2)20(11-7-6-10-16(20)25)13-8-4-5-9-14(13)21/h4-5,8-9H,3,6-7,10-12H2,1-2H3. The van der Waals surface area contributed by atoms with Crippen LogP contribution in [0, 0.1) is 0 Å². The maximum atomic E-state index is 13.0. The van der Waals surface area contributed by atoms with E-state index in [-0.39, 0.29) is 10.7 Å². The molecule has 1 amide bonds. The van der Waals surface area contributed by atoms with Gasteiger partial charge in [0.15, 0.2) is 17.3 Å². The molecule has 7 nitrogen and oxygen atoms in total. The first-order valence-electron chi connectivity index (χ1n) is 9.45. The number of rotatable bonds is 6. The van der Waals surface area contributed by atoms with E-state index >= 15 is 0 Å². The van der Waals surface area contributed by atoms with Crippen molar-refractivity contribution >= 4 is 40.8 Å². The van der Waals surface area contributed by atoms with Gasteiger partial charge < -0.3 is 9.64 Å². The summed E-state index contributed by atoms with van der Waals surface area (Å²) in [6.45, 7) is 1.38. The number of aryl methyl sites for hydroxylation is 1. The summed E-state index contributed by atoms with van der Waals surface area (Å²) in [5.41, 5.74) is -0.00924. The Balaban J connectivity index is 1.82. The quantitative estimate of drug-likeness (QED) is 0.646.